The number of aromatic amines is 1. The monoisotopic (exact) mass is 268 g/mol. The van der Waals surface area contributed by atoms with E-state index in [1.54, 1.807) is 0 Å². The smallest absolute Gasteiger partial charge is 0.181 e. The summed E-state index contributed by atoms with van der Waals surface area (Å²) in [5.74, 6) is 0. The van der Waals surface area contributed by atoms with Gasteiger partial charge in [-0.15, -0.1) is 0 Å². The van der Waals surface area contributed by atoms with Crippen LogP contribution >= 0.6 is 28.1 Å². The quantitative estimate of drug-likeness (QED) is 0.784. The molecule has 0 aliphatic heterocycles. The second-order valence-corrected chi connectivity index (χ2v) is 4.31. The Balaban J connectivity index is 2.59. The Labute approximate surface area is 95.7 Å². The van der Waals surface area contributed by atoms with Crippen molar-refractivity contribution in [3.8, 4) is 5.69 Å². The minimum Gasteiger partial charge on any atom is -0.337 e. The first-order valence-corrected chi connectivity index (χ1v) is 5.41. The molecule has 4 heteroatoms. The molecule has 1 aromatic carbocycles. The van der Waals surface area contributed by atoms with Crippen LogP contribution in [0.3, 0.4) is 0 Å². The lowest BCUT2D eigenvalue weighted by molar-refractivity contribution is 1.03. The maximum Gasteiger partial charge on any atom is 0.181 e. The molecule has 72 valence electrons. The number of hydrogen-bond donors (Lipinski definition) is 1. The highest BCUT2D eigenvalue weighted by Gasteiger charge is 1.99. The van der Waals surface area contributed by atoms with Gasteiger partial charge in [-0.1, -0.05) is 22.0 Å². The first-order valence-electron chi connectivity index (χ1n) is 4.21. The van der Waals surface area contributed by atoms with Crippen molar-refractivity contribution in [2.24, 2.45) is 0 Å². The molecule has 0 saturated carbocycles. The lowest BCUT2D eigenvalue weighted by Crippen LogP contribution is -1.92. The number of H-pyrrole nitrogens is 1. The number of aromatic nitrogens is 2. The van der Waals surface area contributed by atoms with E-state index < -0.39 is 0 Å². The first-order chi connectivity index (χ1) is 6.68. The Morgan fingerprint density at radius 1 is 1.43 bits per heavy atom. The van der Waals surface area contributed by atoms with E-state index in [4.69, 9.17) is 12.2 Å². The molecular weight excluding hydrogens is 260 g/mol. The number of nitrogens with zero attached hydrogens (tertiary/aromatic N) is 1. The number of aryl methyl sites for hydroxylation is 1. The summed E-state index contributed by atoms with van der Waals surface area (Å²) in [6.07, 6.45) is 3.75. The van der Waals surface area contributed by atoms with Crippen LogP contribution in [0.4, 0.5) is 0 Å². The van der Waals surface area contributed by atoms with Crippen LogP contribution in [0.25, 0.3) is 5.69 Å². The topological polar surface area (TPSA) is 20.7 Å². The van der Waals surface area contributed by atoms with Gasteiger partial charge in [0.15, 0.2) is 4.77 Å². The second kappa shape index (κ2) is 3.71. The third-order valence-electron chi connectivity index (χ3n) is 2.08. The molecule has 1 heterocycles. The summed E-state index contributed by atoms with van der Waals surface area (Å²) >= 11 is 8.63. The van der Waals surface area contributed by atoms with Crippen LogP contribution in [0.5, 0.6) is 0 Å². The highest BCUT2D eigenvalue weighted by molar-refractivity contribution is 9.10. The van der Waals surface area contributed by atoms with Gasteiger partial charge in [0.25, 0.3) is 0 Å². The zero-order chi connectivity index (χ0) is 10.1. The number of benzene rings is 1. The van der Waals surface area contributed by atoms with Crippen LogP contribution < -0.4 is 0 Å². The molecule has 0 saturated heterocycles. The normalized spacial score (nSPS) is 10.4. The largest absolute Gasteiger partial charge is 0.337 e. The van der Waals surface area contributed by atoms with Crippen LogP contribution in [-0.2, 0) is 0 Å². The van der Waals surface area contributed by atoms with Gasteiger partial charge in [-0.25, -0.2) is 0 Å². The Morgan fingerprint density at radius 2 is 2.21 bits per heavy atom. The van der Waals surface area contributed by atoms with Gasteiger partial charge in [0.2, 0.25) is 0 Å². The van der Waals surface area contributed by atoms with Crippen LogP contribution in [0.1, 0.15) is 5.56 Å². The van der Waals surface area contributed by atoms with E-state index in [1.165, 1.54) is 5.56 Å². The van der Waals surface area contributed by atoms with Gasteiger partial charge in [-0.05, 0) is 36.8 Å². The molecule has 0 fully saturated rings. The first kappa shape index (κ1) is 9.68. The van der Waals surface area contributed by atoms with Crippen molar-refractivity contribution in [3.05, 3.63) is 45.4 Å². The highest BCUT2D eigenvalue weighted by Crippen LogP contribution is 2.20. The summed E-state index contributed by atoms with van der Waals surface area (Å²) in [6, 6.07) is 6.16. The van der Waals surface area contributed by atoms with Crippen LogP contribution in [0.15, 0.2) is 35.1 Å². The average molecular weight is 269 g/mol. The molecule has 0 spiro atoms. The van der Waals surface area contributed by atoms with Crippen molar-refractivity contribution in [3.63, 3.8) is 0 Å². The van der Waals surface area contributed by atoms with E-state index in [0.717, 1.165) is 10.2 Å². The molecule has 2 aromatic rings. The predicted molar refractivity (Wildman–Crippen MR) is 63.4 cm³/mol. The molecule has 1 N–H and O–H groups in total. The molecule has 14 heavy (non-hydrogen) atoms. The molecule has 0 amide bonds. The molecule has 0 bridgehead atoms. The van der Waals surface area contributed by atoms with E-state index in [0.29, 0.717) is 4.77 Å². The molecule has 2 rings (SSSR count). The van der Waals surface area contributed by atoms with Crippen molar-refractivity contribution >= 4 is 28.1 Å². The summed E-state index contributed by atoms with van der Waals surface area (Å²) < 4.78 is 3.73. The van der Waals surface area contributed by atoms with E-state index in [1.807, 2.05) is 23.0 Å². The fraction of sp³-hybridized carbons (Fsp3) is 0.100. The van der Waals surface area contributed by atoms with Gasteiger partial charge >= 0.3 is 0 Å². The van der Waals surface area contributed by atoms with Crippen molar-refractivity contribution < 1.29 is 0 Å². The Bertz CT molecular complexity index is 513. The van der Waals surface area contributed by atoms with Gasteiger partial charge in [0.05, 0.1) is 0 Å². The third-order valence-corrected chi connectivity index (χ3v) is 3.25. The predicted octanol–water partition coefficient (Wildman–Crippen LogP) is 3.61. The zero-order valence-corrected chi connectivity index (χ0v) is 10.0. The van der Waals surface area contributed by atoms with Crippen molar-refractivity contribution in [1.82, 2.24) is 9.55 Å². The Morgan fingerprint density at radius 3 is 2.79 bits per heavy atom. The fourth-order valence-corrected chi connectivity index (χ4v) is 1.86. The van der Waals surface area contributed by atoms with Crippen LogP contribution in [0.2, 0.25) is 0 Å². The van der Waals surface area contributed by atoms with Gasteiger partial charge < -0.3 is 4.98 Å². The number of imidazole rings is 1. The van der Waals surface area contributed by atoms with Gasteiger partial charge in [-0.2, -0.15) is 0 Å². The standard InChI is InChI=1S/C10H9BrN2S/c1-7-2-3-8(6-9(7)11)13-5-4-12-10(13)14/h2-6H,1H3,(H,12,14). The van der Waals surface area contributed by atoms with E-state index in [9.17, 15) is 0 Å². The number of nitrogens with one attached hydrogen (secondary N) is 1. The number of hydrogen-bond acceptors (Lipinski definition) is 1. The lowest BCUT2D eigenvalue weighted by Gasteiger charge is -2.04. The molecule has 0 unspecified atom stereocenters. The maximum absolute atomic E-state index is 5.14. The van der Waals surface area contributed by atoms with Gasteiger partial charge in [0, 0.05) is 22.6 Å². The fourth-order valence-electron chi connectivity index (χ4n) is 1.26. The lowest BCUT2D eigenvalue weighted by atomic mass is 10.2. The summed E-state index contributed by atoms with van der Waals surface area (Å²) in [6.45, 7) is 2.06. The molecule has 2 nitrogen and oxygen atoms in total. The molecule has 0 atom stereocenters. The Kier molecular flexibility index (Phi) is 2.56. The number of rotatable bonds is 1. The molecular formula is C10H9BrN2S. The van der Waals surface area contributed by atoms with E-state index in [-0.39, 0.29) is 0 Å². The zero-order valence-electron chi connectivity index (χ0n) is 7.62. The third kappa shape index (κ3) is 1.67. The summed E-state index contributed by atoms with van der Waals surface area (Å²) in [7, 11) is 0. The van der Waals surface area contributed by atoms with E-state index >= 15 is 0 Å². The summed E-state index contributed by atoms with van der Waals surface area (Å²) in [4.78, 5) is 2.96. The van der Waals surface area contributed by atoms with Crippen molar-refractivity contribution in [2.75, 3.05) is 0 Å². The minimum absolute atomic E-state index is 0.709. The van der Waals surface area contributed by atoms with Gasteiger partial charge in [0.1, 0.15) is 0 Å². The second-order valence-electron chi connectivity index (χ2n) is 3.07. The highest BCUT2D eigenvalue weighted by atomic mass is 79.9. The van der Waals surface area contributed by atoms with Crippen LogP contribution in [-0.4, -0.2) is 9.55 Å². The molecule has 1 aromatic heterocycles. The minimum atomic E-state index is 0.709. The average Bonchev–Trinajstić information content (AvgIpc) is 2.57. The van der Waals surface area contributed by atoms with Gasteiger partial charge in [-0.3, -0.25) is 4.57 Å². The molecule has 0 aliphatic rings. The maximum atomic E-state index is 5.14. The summed E-state index contributed by atoms with van der Waals surface area (Å²) in [5, 5.41) is 0. The molecule has 0 radical (unpaired) electrons. The Hall–Kier alpha value is -0.870. The number of halogens is 1. The van der Waals surface area contributed by atoms with E-state index in [2.05, 4.69) is 40.0 Å². The van der Waals surface area contributed by atoms with Crippen LogP contribution in [0, 0.1) is 11.7 Å². The molecule has 0 aliphatic carbocycles. The summed E-state index contributed by atoms with van der Waals surface area (Å²) in [5.41, 5.74) is 2.28. The van der Waals surface area contributed by atoms with Crippen molar-refractivity contribution in [2.45, 2.75) is 6.92 Å². The SMILES string of the molecule is Cc1ccc(-n2cc[nH]c2=S)cc1Br. The van der Waals surface area contributed by atoms with Crippen molar-refractivity contribution in [1.29, 1.82) is 0 Å².